The van der Waals surface area contributed by atoms with Gasteiger partial charge in [0.1, 0.15) is 12.7 Å². The van der Waals surface area contributed by atoms with E-state index in [-0.39, 0.29) is 0 Å². The van der Waals surface area contributed by atoms with E-state index < -0.39 is 0 Å². The van der Waals surface area contributed by atoms with Gasteiger partial charge in [0.05, 0.1) is 5.69 Å². The van der Waals surface area contributed by atoms with Crippen molar-refractivity contribution in [3.8, 4) is 22.6 Å². The zero-order valence-electron chi connectivity index (χ0n) is 9.56. The molecule has 0 aliphatic heterocycles. The van der Waals surface area contributed by atoms with Crippen molar-refractivity contribution >= 4 is 0 Å². The molecule has 3 aromatic rings. The number of rotatable bonds is 2. The molecule has 0 spiro atoms. The molecule has 2 heterocycles. The molecule has 0 unspecified atom stereocenters. The first kappa shape index (κ1) is 10.5. The summed E-state index contributed by atoms with van der Waals surface area (Å²) < 4.78 is 0. The molecule has 1 aromatic carbocycles. The van der Waals surface area contributed by atoms with E-state index in [9.17, 15) is 0 Å². The zero-order chi connectivity index (χ0) is 12.2. The largest absolute Gasteiger partial charge is 0.256 e. The van der Waals surface area contributed by atoms with Gasteiger partial charge in [0.25, 0.3) is 0 Å². The second kappa shape index (κ2) is 4.71. The molecule has 0 aliphatic carbocycles. The summed E-state index contributed by atoms with van der Waals surface area (Å²) in [6.45, 7) is 0. The summed E-state index contributed by atoms with van der Waals surface area (Å²) in [5, 5.41) is 0. The van der Waals surface area contributed by atoms with Crippen molar-refractivity contribution in [1.82, 2.24) is 19.9 Å². The van der Waals surface area contributed by atoms with E-state index >= 15 is 0 Å². The fourth-order valence-electron chi connectivity index (χ4n) is 1.74. The number of nitrogens with zero attached hydrogens (tertiary/aromatic N) is 4. The highest BCUT2D eigenvalue weighted by molar-refractivity contribution is 5.67. The van der Waals surface area contributed by atoms with Gasteiger partial charge in [-0.25, -0.2) is 15.0 Å². The summed E-state index contributed by atoms with van der Waals surface area (Å²) in [5.74, 6) is 0.669. The van der Waals surface area contributed by atoms with Crippen LogP contribution in [-0.4, -0.2) is 19.9 Å². The maximum Gasteiger partial charge on any atom is 0.162 e. The average Bonchev–Trinajstić information content (AvgIpc) is 2.49. The van der Waals surface area contributed by atoms with E-state index in [0.717, 1.165) is 16.8 Å². The van der Waals surface area contributed by atoms with Crippen molar-refractivity contribution in [3.63, 3.8) is 0 Å². The number of hydrogen-bond acceptors (Lipinski definition) is 4. The molecule has 2 aromatic heterocycles. The maximum atomic E-state index is 4.33. The monoisotopic (exact) mass is 234 g/mol. The molecule has 18 heavy (non-hydrogen) atoms. The quantitative estimate of drug-likeness (QED) is 0.684. The molecule has 0 amide bonds. The Morgan fingerprint density at radius 2 is 1.56 bits per heavy atom. The predicted molar refractivity (Wildman–Crippen MR) is 68.5 cm³/mol. The van der Waals surface area contributed by atoms with Gasteiger partial charge in [0, 0.05) is 17.3 Å². The minimum absolute atomic E-state index is 0.669. The first-order chi connectivity index (χ1) is 8.93. The first-order valence-electron chi connectivity index (χ1n) is 5.57. The van der Waals surface area contributed by atoms with Crippen molar-refractivity contribution in [2.75, 3.05) is 0 Å². The van der Waals surface area contributed by atoms with Crippen LogP contribution in [-0.2, 0) is 0 Å². The van der Waals surface area contributed by atoms with Crippen LogP contribution in [0.2, 0.25) is 0 Å². The normalized spacial score (nSPS) is 10.2. The van der Waals surface area contributed by atoms with Gasteiger partial charge in [-0.2, -0.15) is 0 Å². The van der Waals surface area contributed by atoms with E-state index in [4.69, 9.17) is 0 Å². The van der Waals surface area contributed by atoms with Crippen molar-refractivity contribution in [3.05, 3.63) is 61.3 Å². The Balaban J connectivity index is 2.05. The molecule has 4 heteroatoms. The summed E-state index contributed by atoms with van der Waals surface area (Å²) in [6, 6.07) is 13.8. The molecule has 0 atom stereocenters. The van der Waals surface area contributed by atoms with Crippen molar-refractivity contribution in [2.45, 2.75) is 0 Å². The Kier molecular flexibility index (Phi) is 2.75. The minimum Gasteiger partial charge on any atom is -0.256 e. The summed E-state index contributed by atoms with van der Waals surface area (Å²) in [7, 11) is 0. The summed E-state index contributed by atoms with van der Waals surface area (Å²) >= 11 is 0. The Morgan fingerprint density at radius 1 is 0.722 bits per heavy atom. The minimum atomic E-state index is 0.669. The van der Waals surface area contributed by atoms with Gasteiger partial charge in [-0.1, -0.05) is 24.3 Å². The van der Waals surface area contributed by atoms with Crippen molar-refractivity contribution in [2.24, 2.45) is 0 Å². The highest BCUT2D eigenvalue weighted by Crippen LogP contribution is 2.22. The molecule has 0 saturated carbocycles. The lowest BCUT2D eigenvalue weighted by Gasteiger charge is -2.03. The molecule has 0 bridgehead atoms. The lowest BCUT2D eigenvalue weighted by Crippen LogP contribution is -1.89. The third-order valence-corrected chi connectivity index (χ3v) is 2.57. The van der Waals surface area contributed by atoms with Crippen LogP contribution in [0.3, 0.4) is 0 Å². The zero-order valence-corrected chi connectivity index (χ0v) is 9.56. The van der Waals surface area contributed by atoms with E-state index in [2.05, 4.69) is 19.9 Å². The molecule has 0 saturated heterocycles. The second-order valence-corrected chi connectivity index (χ2v) is 3.76. The van der Waals surface area contributed by atoms with Crippen LogP contribution >= 0.6 is 0 Å². The molecule has 86 valence electrons. The van der Waals surface area contributed by atoms with Crippen LogP contribution < -0.4 is 0 Å². The Morgan fingerprint density at radius 3 is 2.33 bits per heavy atom. The number of hydrogen-bond donors (Lipinski definition) is 0. The van der Waals surface area contributed by atoms with E-state index in [1.54, 1.807) is 6.20 Å². The van der Waals surface area contributed by atoms with E-state index in [1.807, 2.05) is 42.5 Å². The molecule has 3 rings (SSSR count). The van der Waals surface area contributed by atoms with Crippen LogP contribution in [0.5, 0.6) is 0 Å². The lowest BCUT2D eigenvalue weighted by molar-refractivity contribution is 1.06. The molecule has 0 radical (unpaired) electrons. The standard InChI is InChI=1S/C14H10N4/c1-2-7-16-13(6-1)11-4-3-5-12(8-11)14-17-9-15-10-18-14/h1-10H. The summed E-state index contributed by atoms with van der Waals surface area (Å²) in [6.07, 6.45) is 4.77. The van der Waals surface area contributed by atoms with Crippen LogP contribution in [0.1, 0.15) is 0 Å². The third kappa shape index (κ3) is 2.08. The van der Waals surface area contributed by atoms with Crippen molar-refractivity contribution < 1.29 is 0 Å². The topological polar surface area (TPSA) is 51.6 Å². The Bertz CT molecular complexity index is 583. The van der Waals surface area contributed by atoms with Crippen LogP contribution in [0.15, 0.2) is 61.3 Å². The number of pyridine rings is 1. The van der Waals surface area contributed by atoms with Gasteiger partial charge in [-0.15, -0.1) is 0 Å². The second-order valence-electron chi connectivity index (χ2n) is 3.76. The SMILES string of the molecule is c1ccc(-c2cccc(-c3ncncn3)c2)nc1. The van der Waals surface area contributed by atoms with E-state index in [0.29, 0.717) is 5.82 Å². The predicted octanol–water partition coefficient (Wildman–Crippen LogP) is 2.60. The summed E-state index contributed by atoms with van der Waals surface area (Å²) in [5.41, 5.74) is 2.95. The van der Waals surface area contributed by atoms with Gasteiger partial charge in [-0.05, 0) is 18.2 Å². The van der Waals surface area contributed by atoms with Crippen molar-refractivity contribution in [1.29, 1.82) is 0 Å². The fourth-order valence-corrected chi connectivity index (χ4v) is 1.74. The highest BCUT2D eigenvalue weighted by Gasteiger charge is 2.03. The fraction of sp³-hybridized carbons (Fsp3) is 0. The third-order valence-electron chi connectivity index (χ3n) is 2.57. The molecular weight excluding hydrogens is 224 g/mol. The van der Waals surface area contributed by atoms with Gasteiger partial charge in [0.2, 0.25) is 0 Å². The van der Waals surface area contributed by atoms with Crippen LogP contribution in [0.25, 0.3) is 22.6 Å². The maximum absolute atomic E-state index is 4.33. The summed E-state index contributed by atoms with van der Waals surface area (Å²) in [4.78, 5) is 16.4. The molecule has 4 nitrogen and oxygen atoms in total. The van der Waals surface area contributed by atoms with Crippen LogP contribution in [0.4, 0.5) is 0 Å². The smallest absolute Gasteiger partial charge is 0.162 e. The molecule has 0 aliphatic rings. The molecule has 0 fully saturated rings. The van der Waals surface area contributed by atoms with Gasteiger partial charge in [-0.3, -0.25) is 4.98 Å². The van der Waals surface area contributed by atoms with E-state index in [1.165, 1.54) is 12.7 Å². The van der Waals surface area contributed by atoms with Gasteiger partial charge in [0.15, 0.2) is 5.82 Å². The average molecular weight is 234 g/mol. The van der Waals surface area contributed by atoms with Crippen LogP contribution in [0, 0.1) is 0 Å². The lowest BCUT2D eigenvalue weighted by atomic mass is 10.1. The van der Waals surface area contributed by atoms with Gasteiger partial charge < -0.3 is 0 Å². The van der Waals surface area contributed by atoms with Gasteiger partial charge >= 0.3 is 0 Å². The molecular formula is C14H10N4. The Hall–Kier alpha value is -2.62. The highest BCUT2D eigenvalue weighted by atomic mass is 15.0. The number of benzene rings is 1. The molecule has 0 N–H and O–H groups in total. The Labute approximate surface area is 104 Å². The first-order valence-corrected chi connectivity index (χ1v) is 5.57. The number of aromatic nitrogens is 4.